The Morgan fingerprint density at radius 2 is 2.06 bits per heavy atom. The lowest BCUT2D eigenvalue weighted by Crippen LogP contribution is -2.46. The molecule has 0 spiro atoms. The van der Waals surface area contributed by atoms with E-state index in [0.29, 0.717) is 19.7 Å². The zero-order chi connectivity index (χ0) is 12.8. The molecule has 0 saturated heterocycles. The standard InChI is InChI=1S/C11H19NO4/c1-5-6-12(7-8-16-4)9(13)11(2,3)10(14)15/h5H,1,6-8H2,2-4H3,(H,14,15). The van der Waals surface area contributed by atoms with Crippen molar-refractivity contribution >= 4 is 11.9 Å². The van der Waals surface area contributed by atoms with E-state index in [1.165, 1.54) is 25.9 Å². The molecule has 16 heavy (non-hydrogen) atoms. The van der Waals surface area contributed by atoms with Crippen molar-refractivity contribution in [2.45, 2.75) is 13.8 Å². The van der Waals surface area contributed by atoms with Crippen LogP contribution < -0.4 is 0 Å². The number of ether oxygens (including phenoxy) is 1. The zero-order valence-corrected chi connectivity index (χ0v) is 10.0. The lowest BCUT2D eigenvalue weighted by molar-refractivity contribution is -0.158. The first-order valence-electron chi connectivity index (χ1n) is 5.00. The number of carbonyl (C=O) groups excluding carboxylic acids is 1. The van der Waals surface area contributed by atoms with Gasteiger partial charge in [0.2, 0.25) is 5.91 Å². The molecule has 0 atom stereocenters. The lowest BCUT2D eigenvalue weighted by atomic mass is 9.92. The molecule has 1 N–H and O–H groups in total. The van der Waals surface area contributed by atoms with Gasteiger partial charge in [-0.3, -0.25) is 9.59 Å². The molecular formula is C11H19NO4. The minimum Gasteiger partial charge on any atom is -0.480 e. The first kappa shape index (κ1) is 14.6. The van der Waals surface area contributed by atoms with Crippen LogP contribution in [0.4, 0.5) is 0 Å². The third-order valence-corrected chi connectivity index (χ3v) is 2.27. The van der Waals surface area contributed by atoms with Gasteiger partial charge >= 0.3 is 5.97 Å². The molecule has 5 heteroatoms. The van der Waals surface area contributed by atoms with E-state index in [9.17, 15) is 9.59 Å². The Hall–Kier alpha value is -1.36. The normalized spacial score (nSPS) is 10.9. The van der Waals surface area contributed by atoms with Crippen molar-refractivity contribution in [2.24, 2.45) is 5.41 Å². The molecular weight excluding hydrogens is 210 g/mol. The zero-order valence-electron chi connectivity index (χ0n) is 10.0. The fraction of sp³-hybridized carbons (Fsp3) is 0.636. The van der Waals surface area contributed by atoms with Crippen molar-refractivity contribution < 1.29 is 19.4 Å². The molecule has 0 aliphatic carbocycles. The van der Waals surface area contributed by atoms with Gasteiger partial charge < -0.3 is 14.7 Å². The van der Waals surface area contributed by atoms with E-state index in [1.807, 2.05) is 0 Å². The number of carboxylic acid groups (broad SMARTS) is 1. The molecule has 0 heterocycles. The molecule has 0 radical (unpaired) electrons. The van der Waals surface area contributed by atoms with Gasteiger partial charge in [-0.25, -0.2) is 0 Å². The summed E-state index contributed by atoms with van der Waals surface area (Å²) >= 11 is 0. The number of aliphatic carboxylic acids is 1. The van der Waals surface area contributed by atoms with Crippen LogP contribution in [0, 0.1) is 5.41 Å². The fourth-order valence-electron chi connectivity index (χ4n) is 1.12. The highest BCUT2D eigenvalue weighted by Gasteiger charge is 2.38. The van der Waals surface area contributed by atoms with Crippen molar-refractivity contribution in [3.63, 3.8) is 0 Å². The third kappa shape index (κ3) is 3.66. The van der Waals surface area contributed by atoms with E-state index in [2.05, 4.69) is 6.58 Å². The van der Waals surface area contributed by atoms with Crippen LogP contribution in [0.1, 0.15) is 13.8 Å². The van der Waals surface area contributed by atoms with E-state index in [-0.39, 0.29) is 0 Å². The molecule has 92 valence electrons. The molecule has 0 aromatic carbocycles. The van der Waals surface area contributed by atoms with Crippen LogP contribution in [0.15, 0.2) is 12.7 Å². The van der Waals surface area contributed by atoms with Crippen LogP contribution in [0.3, 0.4) is 0 Å². The number of carboxylic acids is 1. The quantitative estimate of drug-likeness (QED) is 0.517. The summed E-state index contributed by atoms with van der Waals surface area (Å²) in [6, 6.07) is 0. The highest BCUT2D eigenvalue weighted by atomic mass is 16.5. The molecule has 0 fully saturated rings. The van der Waals surface area contributed by atoms with Gasteiger partial charge in [-0.05, 0) is 13.8 Å². The fourth-order valence-corrected chi connectivity index (χ4v) is 1.12. The molecule has 1 amide bonds. The first-order valence-corrected chi connectivity index (χ1v) is 5.00. The summed E-state index contributed by atoms with van der Waals surface area (Å²) in [4.78, 5) is 24.3. The Morgan fingerprint density at radius 1 is 1.50 bits per heavy atom. The van der Waals surface area contributed by atoms with Crippen molar-refractivity contribution in [1.82, 2.24) is 4.90 Å². The summed E-state index contributed by atoms with van der Waals surface area (Å²) in [5.41, 5.74) is -1.42. The summed E-state index contributed by atoms with van der Waals surface area (Å²) in [7, 11) is 1.53. The summed E-state index contributed by atoms with van der Waals surface area (Å²) in [5.74, 6) is -1.57. The maximum absolute atomic E-state index is 11.9. The largest absolute Gasteiger partial charge is 0.480 e. The van der Waals surface area contributed by atoms with Crippen molar-refractivity contribution in [3.05, 3.63) is 12.7 Å². The Morgan fingerprint density at radius 3 is 2.44 bits per heavy atom. The lowest BCUT2D eigenvalue weighted by Gasteiger charge is -2.28. The van der Waals surface area contributed by atoms with Crippen LogP contribution >= 0.6 is 0 Å². The average Bonchev–Trinajstić information content (AvgIpc) is 2.22. The van der Waals surface area contributed by atoms with Crippen LogP contribution in [0.25, 0.3) is 0 Å². The van der Waals surface area contributed by atoms with E-state index in [4.69, 9.17) is 9.84 Å². The second-order valence-corrected chi connectivity index (χ2v) is 3.96. The highest BCUT2D eigenvalue weighted by molar-refractivity contribution is 6.01. The predicted octanol–water partition coefficient (Wildman–Crippen LogP) is 0.758. The number of hydrogen-bond donors (Lipinski definition) is 1. The Kier molecular flexibility index (Phi) is 5.74. The van der Waals surface area contributed by atoms with Crippen LogP contribution in [-0.2, 0) is 14.3 Å². The Bertz CT molecular complexity index is 273. The number of amides is 1. The maximum atomic E-state index is 11.9. The molecule has 0 bridgehead atoms. The van der Waals surface area contributed by atoms with Crippen LogP contribution in [0.5, 0.6) is 0 Å². The number of nitrogens with zero attached hydrogens (tertiary/aromatic N) is 1. The molecule has 0 unspecified atom stereocenters. The third-order valence-electron chi connectivity index (χ3n) is 2.27. The maximum Gasteiger partial charge on any atom is 0.318 e. The van der Waals surface area contributed by atoms with E-state index < -0.39 is 17.3 Å². The van der Waals surface area contributed by atoms with Gasteiger partial charge in [-0.15, -0.1) is 6.58 Å². The highest BCUT2D eigenvalue weighted by Crippen LogP contribution is 2.19. The van der Waals surface area contributed by atoms with Gasteiger partial charge in [0.05, 0.1) is 6.61 Å². The van der Waals surface area contributed by atoms with E-state index in [1.54, 1.807) is 6.08 Å². The molecule has 0 aliphatic rings. The van der Waals surface area contributed by atoms with E-state index >= 15 is 0 Å². The second kappa shape index (κ2) is 6.27. The average molecular weight is 229 g/mol. The van der Waals surface area contributed by atoms with Crippen LogP contribution in [0.2, 0.25) is 0 Å². The first-order chi connectivity index (χ1) is 7.37. The molecule has 0 saturated carbocycles. The number of rotatable bonds is 7. The monoisotopic (exact) mass is 229 g/mol. The number of methoxy groups -OCH3 is 1. The van der Waals surface area contributed by atoms with Crippen molar-refractivity contribution in [3.8, 4) is 0 Å². The molecule has 0 rings (SSSR count). The summed E-state index contributed by atoms with van der Waals surface area (Å²) < 4.78 is 4.87. The minimum absolute atomic E-state index is 0.318. The number of carbonyl (C=O) groups is 2. The summed E-state index contributed by atoms with van der Waals surface area (Å²) in [5, 5.41) is 8.95. The van der Waals surface area contributed by atoms with Crippen LogP contribution in [-0.4, -0.2) is 48.7 Å². The molecule has 5 nitrogen and oxygen atoms in total. The Labute approximate surface area is 95.7 Å². The van der Waals surface area contributed by atoms with Crippen molar-refractivity contribution in [2.75, 3.05) is 26.8 Å². The predicted molar refractivity (Wildman–Crippen MR) is 60.1 cm³/mol. The van der Waals surface area contributed by atoms with Gasteiger partial charge in [-0.1, -0.05) is 6.08 Å². The SMILES string of the molecule is C=CCN(CCOC)C(=O)C(C)(C)C(=O)O. The number of hydrogen-bond acceptors (Lipinski definition) is 3. The van der Waals surface area contributed by atoms with E-state index in [0.717, 1.165) is 0 Å². The molecule has 0 aromatic rings. The van der Waals surface area contributed by atoms with Gasteiger partial charge in [0.15, 0.2) is 0 Å². The molecule has 0 aliphatic heterocycles. The Balaban J connectivity index is 4.71. The summed E-state index contributed by atoms with van der Waals surface area (Å²) in [6.45, 7) is 7.36. The second-order valence-electron chi connectivity index (χ2n) is 3.96. The summed E-state index contributed by atoms with van der Waals surface area (Å²) in [6.07, 6.45) is 1.56. The van der Waals surface area contributed by atoms with Gasteiger partial charge in [0.1, 0.15) is 5.41 Å². The minimum atomic E-state index is -1.42. The van der Waals surface area contributed by atoms with Crippen molar-refractivity contribution in [1.29, 1.82) is 0 Å². The van der Waals surface area contributed by atoms with Gasteiger partial charge in [-0.2, -0.15) is 0 Å². The smallest absolute Gasteiger partial charge is 0.318 e. The van der Waals surface area contributed by atoms with Gasteiger partial charge in [0.25, 0.3) is 0 Å². The molecule has 0 aromatic heterocycles. The topological polar surface area (TPSA) is 66.8 Å². The van der Waals surface area contributed by atoms with Gasteiger partial charge in [0, 0.05) is 20.2 Å².